The van der Waals surface area contributed by atoms with E-state index in [0.29, 0.717) is 23.9 Å². The van der Waals surface area contributed by atoms with Crippen molar-refractivity contribution in [3.05, 3.63) is 52.5 Å². The van der Waals surface area contributed by atoms with Crippen molar-refractivity contribution in [1.29, 1.82) is 0 Å². The number of hydrogen-bond acceptors (Lipinski definition) is 4. The molecule has 4 nitrogen and oxygen atoms in total. The Morgan fingerprint density at radius 1 is 1.10 bits per heavy atom. The minimum absolute atomic E-state index is 0.246. The van der Waals surface area contributed by atoms with Gasteiger partial charge in [-0.3, -0.25) is 0 Å². The van der Waals surface area contributed by atoms with Crippen molar-refractivity contribution in [3.63, 3.8) is 0 Å². The number of rotatable bonds is 5. The van der Waals surface area contributed by atoms with Crippen LogP contribution in [-0.2, 0) is 17.9 Å². The van der Waals surface area contributed by atoms with Crippen LogP contribution in [0.3, 0.4) is 0 Å². The predicted octanol–water partition coefficient (Wildman–Crippen LogP) is 3.83. The van der Waals surface area contributed by atoms with Crippen LogP contribution >= 0.6 is 11.6 Å². The zero-order valence-electron chi connectivity index (χ0n) is 11.7. The monoisotopic (exact) mass is 305 g/mol. The van der Waals surface area contributed by atoms with Crippen LogP contribution in [0.15, 0.2) is 36.4 Å². The number of benzene rings is 2. The van der Waals surface area contributed by atoms with Crippen LogP contribution in [0.4, 0.5) is 5.69 Å². The van der Waals surface area contributed by atoms with Crippen molar-refractivity contribution in [2.75, 3.05) is 19.2 Å². The molecule has 2 aromatic rings. The zero-order valence-corrected chi connectivity index (χ0v) is 12.4. The Balaban J connectivity index is 1.67. The molecule has 0 aliphatic carbocycles. The molecular formula is C16H16ClNO3. The highest BCUT2D eigenvalue weighted by Crippen LogP contribution is 2.39. The van der Waals surface area contributed by atoms with E-state index in [0.717, 1.165) is 17.0 Å². The van der Waals surface area contributed by atoms with E-state index >= 15 is 0 Å². The van der Waals surface area contributed by atoms with Crippen LogP contribution in [0.2, 0.25) is 5.02 Å². The average Bonchev–Trinajstić information content (AvgIpc) is 2.93. The van der Waals surface area contributed by atoms with Crippen molar-refractivity contribution in [1.82, 2.24) is 0 Å². The molecule has 0 unspecified atom stereocenters. The van der Waals surface area contributed by atoms with Gasteiger partial charge in [-0.15, -0.1) is 0 Å². The molecule has 1 N–H and O–H groups in total. The van der Waals surface area contributed by atoms with Gasteiger partial charge in [-0.05, 0) is 11.1 Å². The highest BCUT2D eigenvalue weighted by Gasteiger charge is 2.16. The second-order valence-corrected chi connectivity index (χ2v) is 5.20. The molecule has 0 atom stereocenters. The third kappa shape index (κ3) is 3.23. The van der Waals surface area contributed by atoms with Gasteiger partial charge in [-0.1, -0.05) is 35.9 Å². The van der Waals surface area contributed by atoms with Gasteiger partial charge in [0.1, 0.15) is 0 Å². The van der Waals surface area contributed by atoms with E-state index in [2.05, 4.69) is 29.6 Å². The summed E-state index contributed by atoms with van der Waals surface area (Å²) >= 11 is 6.23. The van der Waals surface area contributed by atoms with E-state index < -0.39 is 0 Å². The SMILES string of the molecule is COCc1ccc(CNc2cc3c(cc2Cl)OCO3)cc1. The largest absolute Gasteiger partial charge is 0.454 e. The molecule has 0 aromatic heterocycles. The number of ether oxygens (including phenoxy) is 3. The smallest absolute Gasteiger partial charge is 0.231 e. The summed E-state index contributed by atoms with van der Waals surface area (Å²) in [7, 11) is 1.69. The lowest BCUT2D eigenvalue weighted by Crippen LogP contribution is -2.00. The highest BCUT2D eigenvalue weighted by molar-refractivity contribution is 6.33. The molecule has 1 aliphatic rings. The molecule has 21 heavy (non-hydrogen) atoms. The maximum Gasteiger partial charge on any atom is 0.231 e. The topological polar surface area (TPSA) is 39.7 Å². The molecule has 3 rings (SSSR count). The number of methoxy groups -OCH3 is 1. The Labute approximate surface area is 128 Å². The van der Waals surface area contributed by atoms with E-state index in [1.165, 1.54) is 5.56 Å². The first kappa shape index (κ1) is 14.0. The van der Waals surface area contributed by atoms with Crippen LogP contribution < -0.4 is 14.8 Å². The highest BCUT2D eigenvalue weighted by atomic mass is 35.5. The first-order valence-electron chi connectivity index (χ1n) is 6.66. The number of anilines is 1. The molecule has 1 aliphatic heterocycles. The molecule has 0 fully saturated rings. The standard InChI is InChI=1S/C16H16ClNO3/c1-19-9-12-4-2-11(3-5-12)8-18-14-7-16-15(6-13(14)17)20-10-21-16/h2-7,18H,8-10H2,1H3. The third-order valence-electron chi connectivity index (χ3n) is 3.28. The van der Waals surface area contributed by atoms with Gasteiger partial charge in [0.05, 0.1) is 17.3 Å². The lowest BCUT2D eigenvalue weighted by Gasteiger charge is -2.10. The van der Waals surface area contributed by atoms with Gasteiger partial charge in [0.25, 0.3) is 0 Å². The maximum atomic E-state index is 6.23. The van der Waals surface area contributed by atoms with E-state index in [1.54, 1.807) is 13.2 Å². The minimum atomic E-state index is 0.246. The Kier molecular flexibility index (Phi) is 4.18. The Bertz CT molecular complexity index is 628. The lowest BCUT2D eigenvalue weighted by molar-refractivity contribution is 0.174. The van der Waals surface area contributed by atoms with Gasteiger partial charge in [-0.25, -0.2) is 0 Å². The molecule has 1 heterocycles. The van der Waals surface area contributed by atoms with Gasteiger partial charge in [0.2, 0.25) is 6.79 Å². The number of fused-ring (bicyclic) bond motifs is 1. The molecule has 2 aromatic carbocycles. The molecule has 5 heteroatoms. The van der Waals surface area contributed by atoms with Crippen molar-refractivity contribution in [3.8, 4) is 11.5 Å². The second kappa shape index (κ2) is 6.24. The molecule has 0 amide bonds. The molecule has 0 radical (unpaired) electrons. The van der Waals surface area contributed by atoms with Gasteiger partial charge < -0.3 is 19.5 Å². The quantitative estimate of drug-likeness (QED) is 0.911. The summed E-state index contributed by atoms with van der Waals surface area (Å²) < 4.78 is 15.7. The first-order valence-corrected chi connectivity index (χ1v) is 7.04. The Hall–Kier alpha value is -1.91. The Morgan fingerprint density at radius 3 is 2.48 bits per heavy atom. The van der Waals surface area contributed by atoms with Crippen LogP contribution in [-0.4, -0.2) is 13.9 Å². The summed E-state index contributed by atoms with van der Waals surface area (Å²) in [6.45, 7) is 1.56. The zero-order chi connectivity index (χ0) is 14.7. The van der Waals surface area contributed by atoms with Crippen molar-refractivity contribution < 1.29 is 14.2 Å². The van der Waals surface area contributed by atoms with Crippen molar-refractivity contribution >= 4 is 17.3 Å². The van der Waals surface area contributed by atoms with Gasteiger partial charge in [-0.2, -0.15) is 0 Å². The Morgan fingerprint density at radius 2 is 1.76 bits per heavy atom. The molecule has 0 bridgehead atoms. The molecular weight excluding hydrogens is 290 g/mol. The average molecular weight is 306 g/mol. The van der Waals surface area contributed by atoms with E-state index in [-0.39, 0.29) is 6.79 Å². The number of nitrogens with one attached hydrogen (secondary N) is 1. The summed E-state index contributed by atoms with van der Waals surface area (Å²) in [4.78, 5) is 0. The van der Waals surface area contributed by atoms with Gasteiger partial charge in [0.15, 0.2) is 11.5 Å². The minimum Gasteiger partial charge on any atom is -0.454 e. The summed E-state index contributed by atoms with van der Waals surface area (Å²) in [5, 5.41) is 3.93. The van der Waals surface area contributed by atoms with Gasteiger partial charge >= 0.3 is 0 Å². The maximum absolute atomic E-state index is 6.23. The first-order chi connectivity index (χ1) is 10.3. The second-order valence-electron chi connectivity index (χ2n) is 4.79. The van der Waals surface area contributed by atoms with Crippen LogP contribution in [0.1, 0.15) is 11.1 Å². The molecule has 0 saturated carbocycles. The summed E-state index contributed by atoms with van der Waals surface area (Å²) in [6.07, 6.45) is 0. The van der Waals surface area contributed by atoms with Crippen LogP contribution in [0, 0.1) is 0 Å². The molecule has 0 spiro atoms. The third-order valence-corrected chi connectivity index (χ3v) is 3.59. The van der Waals surface area contributed by atoms with E-state index in [9.17, 15) is 0 Å². The lowest BCUT2D eigenvalue weighted by atomic mass is 10.1. The van der Waals surface area contributed by atoms with Crippen molar-refractivity contribution in [2.45, 2.75) is 13.2 Å². The van der Waals surface area contributed by atoms with E-state index in [4.69, 9.17) is 25.8 Å². The fourth-order valence-corrected chi connectivity index (χ4v) is 2.39. The number of hydrogen-bond donors (Lipinski definition) is 1. The fraction of sp³-hybridized carbons (Fsp3) is 0.250. The van der Waals surface area contributed by atoms with E-state index in [1.807, 2.05) is 6.07 Å². The van der Waals surface area contributed by atoms with Crippen LogP contribution in [0.25, 0.3) is 0 Å². The fourth-order valence-electron chi connectivity index (χ4n) is 2.17. The summed E-state index contributed by atoms with van der Waals surface area (Å²) in [5.41, 5.74) is 3.16. The van der Waals surface area contributed by atoms with Crippen LogP contribution in [0.5, 0.6) is 11.5 Å². The predicted molar refractivity (Wildman–Crippen MR) is 82.1 cm³/mol. The normalized spacial score (nSPS) is 12.5. The van der Waals surface area contributed by atoms with Crippen molar-refractivity contribution in [2.24, 2.45) is 0 Å². The van der Waals surface area contributed by atoms with Gasteiger partial charge in [0, 0.05) is 25.8 Å². The molecule has 0 saturated heterocycles. The summed E-state index contributed by atoms with van der Waals surface area (Å²) in [6, 6.07) is 11.9. The summed E-state index contributed by atoms with van der Waals surface area (Å²) in [5.74, 6) is 1.41. The number of halogens is 1. The molecule has 110 valence electrons.